The standard InChI is InChI=1S/C23H30N2O3S/c1-4-27-21-10-6-5-8-18(21)15-25(16-19-9-7-13-28-19)23(29)24-20-12-11-17(2)14-22(20)26-3/h5-6,8,10-12,14,19H,4,7,9,13,15-16H2,1-3H3,(H,24,29). The maximum absolute atomic E-state index is 5.87. The molecule has 2 aromatic carbocycles. The van der Waals surface area contributed by atoms with Crippen LogP contribution in [0.1, 0.15) is 30.9 Å². The maximum Gasteiger partial charge on any atom is 0.173 e. The molecule has 1 atom stereocenters. The Hall–Kier alpha value is -2.31. The van der Waals surface area contributed by atoms with Crippen LogP contribution in [0.15, 0.2) is 42.5 Å². The van der Waals surface area contributed by atoms with Gasteiger partial charge in [-0.15, -0.1) is 0 Å². The van der Waals surface area contributed by atoms with Gasteiger partial charge in [-0.2, -0.15) is 0 Å². The third-order valence-corrected chi connectivity index (χ3v) is 5.33. The van der Waals surface area contributed by atoms with E-state index in [2.05, 4.69) is 16.3 Å². The van der Waals surface area contributed by atoms with Crippen LogP contribution in [-0.4, -0.2) is 43.0 Å². The number of benzene rings is 2. The minimum absolute atomic E-state index is 0.189. The zero-order valence-corrected chi connectivity index (χ0v) is 18.3. The van der Waals surface area contributed by atoms with Crippen LogP contribution in [-0.2, 0) is 11.3 Å². The van der Waals surface area contributed by atoms with Gasteiger partial charge in [-0.3, -0.25) is 0 Å². The SMILES string of the molecule is CCOc1ccccc1CN(CC1CCCO1)C(=S)Nc1ccc(C)cc1OC. The topological polar surface area (TPSA) is 43.0 Å². The van der Waals surface area contributed by atoms with Crippen LogP contribution in [0.25, 0.3) is 0 Å². The van der Waals surface area contributed by atoms with Crippen molar-refractivity contribution < 1.29 is 14.2 Å². The van der Waals surface area contributed by atoms with E-state index in [1.54, 1.807) is 7.11 Å². The quantitative estimate of drug-likeness (QED) is 0.627. The van der Waals surface area contributed by atoms with E-state index in [0.717, 1.165) is 54.3 Å². The lowest BCUT2D eigenvalue weighted by molar-refractivity contribution is 0.0903. The van der Waals surface area contributed by atoms with Crippen molar-refractivity contribution in [2.24, 2.45) is 0 Å². The molecule has 1 unspecified atom stereocenters. The van der Waals surface area contributed by atoms with Crippen molar-refractivity contribution in [1.82, 2.24) is 4.90 Å². The first-order chi connectivity index (χ1) is 14.1. The van der Waals surface area contributed by atoms with Crippen LogP contribution in [0.3, 0.4) is 0 Å². The summed E-state index contributed by atoms with van der Waals surface area (Å²) >= 11 is 5.80. The monoisotopic (exact) mass is 414 g/mol. The number of anilines is 1. The van der Waals surface area contributed by atoms with E-state index in [9.17, 15) is 0 Å². The smallest absolute Gasteiger partial charge is 0.173 e. The van der Waals surface area contributed by atoms with Gasteiger partial charge < -0.3 is 24.4 Å². The molecule has 1 aliphatic heterocycles. The summed E-state index contributed by atoms with van der Waals surface area (Å²) in [6, 6.07) is 14.2. The molecule has 6 heteroatoms. The van der Waals surface area contributed by atoms with E-state index in [1.807, 2.05) is 50.2 Å². The predicted octanol–water partition coefficient (Wildman–Crippen LogP) is 4.78. The summed E-state index contributed by atoms with van der Waals surface area (Å²) in [6.07, 6.45) is 2.34. The average molecular weight is 415 g/mol. The fraction of sp³-hybridized carbons (Fsp3) is 0.435. The Morgan fingerprint density at radius 1 is 1.24 bits per heavy atom. The van der Waals surface area contributed by atoms with Crippen molar-refractivity contribution in [1.29, 1.82) is 0 Å². The summed E-state index contributed by atoms with van der Waals surface area (Å²) in [6.45, 7) is 6.87. The second kappa shape index (κ2) is 10.5. The fourth-order valence-corrected chi connectivity index (χ4v) is 3.73. The molecule has 3 rings (SSSR count). The third-order valence-electron chi connectivity index (χ3n) is 4.97. The second-order valence-electron chi connectivity index (χ2n) is 7.19. The lowest BCUT2D eigenvalue weighted by atomic mass is 10.1. The lowest BCUT2D eigenvalue weighted by Gasteiger charge is -2.29. The van der Waals surface area contributed by atoms with E-state index in [4.69, 9.17) is 26.4 Å². The summed E-state index contributed by atoms with van der Waals surface area (Å²) in [5.74, 6) is 1.67. The molecule has 0 radical (unpaired) electrons. The van der Waals surface area contributed by atoms with Crippen LogP contribution in [0.2, 0.25) is 0 Å². The Labute approximate surface area is 179 Å². The molecule has 1 N–H and O–H groups in total. The number of methoxy groups -OCH3 is 1. The molecule has 0 aromatic heterocycles. The number of aryl methyl sites for hydroxylation is 1. The van der Waals surface area contributed by atoms with Crippen molar-refractivity contribution in [3.63, 3.8) is 0 Å². The van der Waals surface area contributed by atoms with E-state index < -0.39 is 0 Å². The first-order valence-electron chi connectivity index (χ1n) is 10.1. The number of rotatable bonds is 8. The van der Waals surface area contributed by atoms with Crippen LogP contribution in [0.5, 0.6) is 11.5 Å². The van der Waals surface area contributed by atoms with Crippen molar-refractivity contribution in [3.8, 4) is 11.5 Å². The maximum atomic E-state index is 5.87. The number of nitrogens with one attached hydrogen (secondary N) is 1. The summed E-state index contributed by atoms with van der Waals surface area (Å²) in [5, 5.41) is 4.02. The zero-order valence-electron chi connectivity index (χ0n) is 17.4. The first kappa shape index (κ1) is 21.4. The average Bonchev–Trinajstić information content (AvgIpc) is 3.23. The normalized spacial score (nSPS) is 15.8. The molecule has 5 nitrogen and oxygen atoms in total. The Balaban J connectivity index is 1.80. The number of para-hydroxylation sites is 1. The van der Waals surface area contributed by atoms with Gasteiger partial charge in [0.05, 0.1) is 25.5 Å². The molecule has 1 fully saturated rings. The summed E-state index contributed by atoms with van der Waals surface area (Å²) in [4.78, 5) is 2.16. The van der Waals surface area contributed by atoms with Gasteiger partial charge in [-0.1, -0.05) is 24.3 Å². The van der Waals surface area contributed by atoms with Gasteiger partial charge in [-0.25, -0.2) is 0 Å². The number of hydrogen-bond acceptors (Lipinski definition) is 4. The Kier molecular flexibility index (Phi) is 7.72. The molecule has 0 aliphatic carbocycles. The minimum Gasteiger partial charge on any atom is -0.495 e. The highest BCUT2D eigenvalue weighted by atomic mass is 32.1. The lowest BCUT2D eigenvalue weighted by Crippen LogP contribution is -2.39. The summed E-state index contributed by atoms with van der Waals surface area (Å²) in [5.41, 5.74) is 3.10. The molecule has 2 aromatic rings. The summed E-state index contributed by atoms with van der Waals surface area (Å²) < 4.78 is 17.2. The van der Waals surface area contributed by atoms with Gasteiger partial charge >= 0.3 is 0 Å². The molecule has 0 amide bonds. The van der Waals surface area contributed by atoms with Gasteiger partial charge in [0.15, 0.2) is 5.11 Å². The van der Waals surface area contributed by atoms with Gasteiger partial charge in [-0.05, 0) is 62.7 Å². The van der Waals surface area contributed by atoms with Crippen molar-refractivity contribution in [3.05, 3.63) is 53.6 Å². The molecule has 1 heterocycles. The molecular formula is C23H30N2O3S. The molecule has 29 heavy (non-hydrogen) atoms. The zero-order chi connectivity index (χ0) is 20.6. The molecule has 0 saturated carbocycles. The number of thiocarbonyl (C=S) groups is 1. The fourth-order valence-electron chi connectivity index (χ4n) is 3.49. The third kappa shape index (κ3) is 5.84. The van der Waals surface area contributed by atoms with E-state index >= 15 is 0 Å². The van der Waals surface area contributed by atoms with Gasteiger partial charge in [0.1, 0.15) is 11.5 Å². The highest BCUT2D eigenvalue weighted by Gasteiger charge is 2.22. The van der Waals surface area contributed by atoms with Crippen LogP contribution < -0.4 is 14.8 Å². The summed E-state index contributed by atoms with van der Waals surface area (Å²) in [7, 11) is 1.67. The number of ether oxygens (including phenoxy) is 3. The molecule has 1 aliphatic rings. The number of nitrogens with zero attached hydrogens (tertiary/aromatic N) is 1. The van der Waals surface area contributed by atoms with E-state index in [1.165, 1.54) is 0 Å². The Morgan fingerprint density at radius 3 is 2.79 bits per heavy atom. The van der Waals surface area contributed by atoms with Gasteiger partial charge in [0.25, 0.3) is 0 Å². The Morgan fingerprint density at radius 2 is 2.07 bits per heavy atom. The van der Waals surface area contributed by atoms with Crippen molar-refractivity contribution in [2.75, 3.05) is 32.2 Å². The second-order valence-corrected chi connectivity index (χ2v) is 7.58. The van der Waals surface area contributed by atoms with Crippen LogP contribution in [0.4, 0.5) is 5.69 Å². The Bertz CT molecular complexity index is 822. The van der Waals surface area contributed by atoms with Crippen molar-refractivity contribution >= 4 is 23.0 Å². The molecular weight excluding hydrogens is 384 g/mol. The van der Waals surface area contributed by atoms with E-state index in [-0.39, 0.29) is 6.10 Å². The van der Waals surface area contributed by atoms with Gasteiger partial charge in [0, 0.05) is 25.3 Å². The molecule has 0 spiro atoms. The van der Waals surface area contributed by atoms with E-state index in [0.29, 0.717) is 18.3 Å². The molecule has 156 valence electrons. The highest BCUT2D eigenvalue weighted by Crippen LogP contribution is 2.27. The molecule has 1 saturated heterocycles. The van der Waals surface area contributed by atoms with Gasteiger partial charge in [0.2, 0.25) is 0 Å². The first-order valence-corrected chi connectivity index (χ1v) is 10.5. The van der Waals surface area contributed by atoms with Crippen molar-refractivity contribution in [2.45, 2.75) is 39.3 Å². The molecule has 0 bridgehead atoms. The highest BCUT2D eigenvalue weighted by molar-refractivity contribution is 7.80. The van der Waals surface area contributed by atoms with Crippen LogP contribution in [0, 0.1) is 6.92 Å². The largest absolute Gasteiger partial charge is 0.495 e. The minimum atomic E-state index is 0.189. The number of hydrogen-bond donors (Lipinski definition) is 1. The predicted molar refractivity (Wildman–Crippen MR) is 121 cm³/mol. The van der Waals surface area contributed by atoms with Crippen LogP contribution >= 0.6 is 12.2 Å².